The third-order valence-corrected chi connectivity index (χ3v) is 5.43. The maximum Gasteiger partial charge on any atom is 0.309 e. The third kappa shape index (κ3) is 5.41. The summed E-state index contributed by atoms with van der Waals surface area (Å²) >= 11 is 0. The van der Waals surface area contributed by atoms with Gasteiger partial charge in [-0.05, 0) is 60.5 Å². The molecule has 1 heterocycles. The molecule has 0 unspecified atom stereocenters. The highest BCUT2D eigenvalue weighted by Gasteiger charge is 2.23. The van der Waals surface area contributed by atoms with Crippen molar-refractivity contribution in [2.45, 2.75) is 26.7 Å². The van der Waals surface area contributed by atoms with E-state index in [2.05, 4.69) is 12.2 Å². The number of carbonyl (C=O) groups excluding carboxylic acids is 2. The molecule has 0 atom stereocenters. The first-order valence-corrected chi connectivity index (χ1v) is 11.4. The van der Waals surface area contributed by atoms with E-state index in [4.69, 9.17) is 14.6 Å². The van der Waals surface area contributed by atoms with Gasteiger partial charge in [0.15, 0.2) is 0 Å². The number of hydrogen-bond acceptors (Lipinski definition) is 5. The Bertz CT molecular complexity index is 1310. The van der Waals surface area contributed by atoms with Crippen LogP contribution in [0, 0.1) is 0 Å². The van der Waals surface area contributed by atoms with Crippen LogP contribution in [-0.2, 0) is 11.2 Å². The highest BCUT2D eigenvalue weighted by Crippen LogP contribution is 2.37. The number of benzene rings is 3. The van der Waals surface area contributed by atoms with Gasteiger partial charge in [-0.15, -0.1) is 0 Å². The molecule has 1 aromatic heterocycles. The summed E-state index contributed by atoms with van der Waals surface area (Å²) in [5.74, 6) is 0.426. The minimum atomic E-state index is -0.422. The fraction of sp³-hybridized carbons (Fsp3) is 0.179. The zero-order chi connectivity index (χ0) is 24.8. The highest BCUT2D eigenvalue weighted by atomic mass is 16.5. The summed E-state index contributed by atoms with van der Waals surface area (Å²) in [6.45, 7) is 3.46. The summed E-state index contributed by atoms with van der Waals surface area (Å²) in [7, 11) is 1.58. The molecule has 7 heteroatoms. The Balaban J connectivity index is 1.67. The summed E-state index contributed by atoms with van der Waals surface area (Å²) in [5.41, 5.74) is 4.42. The van der Waals surface area contributed by atoms with Crippen molar-refractivity contribution in [1.29, 1.82) is 0 Å². The monoisotopic (exact) mass is 469 g/mol. The molecule has 0 aliphatic rings. The van der Waals surface area contributed by atoms with Gasteiger partial charge in [0.2, 0.25) is 5.88 Å². The number of aryl methyl sites for hydroxylation is 1. The number of hydrogen-bond donors (Lipinski definition) is 1. The van der Waals surface area contributed by atoms with Crippen molar-refractivity contribution in [2.75, 3.05) is 12.4 Å². The van der Waals surface area contributed by atoms with Gasteiger partial charge in [0.05, 0.1) is 24.1 Å². The third-order valence-electron chi connectivity index (χ3n) is 5.43. The number of ether oxygens (including phenoxy) is 2. The number of aromatic nitrogens is 2. The van der Waals surface area contributed by atoms with E-state index in [-0.39, 0.29) is 5.91 Å². The second kappa shape index (κ2) is 10.7. The number of amides is 1. The molecule has 35 heavy (non-hydrogen) atoms. The van der Waals surface area contributed by atoms with Gasteiger partial charge in [-0.25, -0.2) is 0 Å². The van der Waals surface area contributed by atoms with Crippen molar-refractivity contribution >= 4 is 17.6 Å². The summed E-state index contributed by atoms with van der Waals surface area (Å²) < 4.78 is 12.5. The molecule has 0 bridgehead atoms. The molecule has 0 spiro atoms. The Hall–Kier alpha value is -4.39. The van der Waals surface area contributed by atoms with Crippen LogP contribution in [0.4, 0.5) is 5.69 Å². The van der Waals surface area contributed by atoms with E-state index < -0.39 is 5.97 Å². The van der Waals surface area contributed by atoms with Crippen molar-refractivity contribution in [2.24, 2.45) is 0 Å². The Morgan fingerprint density at radius 1 is 0.943 bits per heavy atom. The molecule has 0 fully saturated rings. The molecule has 0 saturated carbocycles. The molecule has 178 valence electrons. The van der Waals surface area contributed by atoms with Gasteiger partial charge >= 0.3 is 5.97 Å². The molecule has 0 radical (unpaired) electrons. The molecule has 0 aliphatic heterocycles. The van der Waals surface area contributed by atoms with Gasteiger partial charge in [-0.2, -0.15) is 9.78 Å². The van der Waals surface area contributed by atoms with Crippen LogP contribution < -0.4 is 14.8 Å². The van der Waals surface area contributed by atoms with Crippen LogP contribution in [0.2, 0.25) is 0 Å². The summed E-state index contributed by atoms with van der Waals surface area (Å²) in [5, 5.41) is 7.69. The lowest BCUT2D eigenvalue weighted by atomic mass is 10.0. The lowest BCUT2D eigenvalue weighted by Gasteiger charge is -2.10. The highest BCUT2D eigenvalue weighted by molar-refractivity contribution is 6.04. The predicted molar refractivity (Wildman–Crippen MR) is 135 cm³/mol. The molecule has 4 aromatic rings. The van der Waals surface area contributed by atoms with Crippen LogP contribution in [0.1, 0.15) is 36.3 Å². The van der Waals surface area contributed by atoms with Crippen molar-refractivity contribution in [1.82, 2.24) is 9.78 Å². The van der Waals surface area contributed by atoms with Crippen LogP contribution in [-0.4, -0.2) is 28.8 Å². The average Bonchev–Trinajstić information content (AvgIpc) is 3.22. The predicted octanol–water partition coefficient (Wildman–Crippen LogP) is 5.68. The molecule has 1 amide bonds. The SMILES string of the molecule is CCCc1nn(-c2ccccc2)c(OC(C)=O)c1-c1ccc(NC(=O)c2ccc(OC)cc2)cc1. The number of nitrogens with zero attached hydrogens (tertiary/aromatic N) is 2. The lowest BCUT2D eigenvalue weighted by Crippen LogP contribution is -2.11. The van der Waals surface area contributed by atoms with E-state index >= 15 is 0 Å². The van der Waals surface area contributed by atoms with Crippen LogP contribution >= 0.6 is 0 Å². The summed E-state index contributed by atoms with van der Waals surface area (Å²) in [6, 6.07) is 23.9. The zero-order valence-corrected chi connectivity index (χ0v) is 19.9. The molecule has 4 rings (SSSR count). The van der Waals surface area contributed by atoms with E-state index in [1.807, 2.05) is 54.6 Å². The minimum Gasteiger partial charge on any atom is -0.497 e. The van der Waals surface area contributed by atoms with Crippen molar-refractivity contribution in [3.8, 4) is 28.4 Å². The van der Waals surface area contributed by atoms with E-state index in [1.165, 1.54) is 6.92 Å². The number of rotatable bonds is 8. The lowest BCUT2D eigenvalue weighted by molar-refractivity contribution is -0.132. The van der Waals surface area contributed by atoms with Gasteiger partial charge in [-0.3, -0.25) is 9.59 Å². The van der Waals surface area contributed by atoms with Crippen LogP contribution in [0.25, 0.3) is 16.8 Å². The number of methoxy groups -OCH3 is 1. The maximum atomic E-state index is 12.6. The Labute approximate surface area is 204 Å². The van der Waals surface area contributed by atoms with Crippen molar-refractivity contribution < 1.29 is 19.1 Å². The summed E-state index contributed by atoms with van der Waals surface area (Å²) in [4.78, 5) is 24.6. The minimum absolute atomic E-state index is 0.218. The van der Waals surface area contributed by atoms with Gasteiger partial charge < -0.3 is 14.8 Å². The van der Waals surface area contributed by atoms with E-state index in [0.29, 0.717) is 22.9 Å². The zero-order valence-electron chi connectivity index (χ0n) is 19.9. The van der Waals surface area contributed by atoms with Crippen LogP contribution in [0.5, 0.6) is 11.6 Å². The number of para-hydroxylation sites is 1. The normalized spacial score (nSPS) is 10.6. The summed E-state index contributed by atoms with van der Waals surface area (Å²) in [6.07, 6.45) is 1.60. The second-order valence-corrected chi connectivity index (χ2v) is 7.98. The fourth-order valence-electron chi connectivity index (χ4n) is 3.79. The standard InChI is InChI=1S/C28H27N3O4/c1-4-8-25-26(28(35-19(2)32)31(30-25)23-9-6-5-7-10-23)20-11-15-22(16-12-20)29-27(33)21-13-17-24(34-3)18-14-21/h5-7,9-18H,4,8H2,1-3H3,(H,29,33). The molecule has 0 saturated heterocycles. The molecule has 7 nitrogen and oxygen atoms in total. The fourth-order valence-corrected chi connectivity index (χ4v) is 3.79. The van der Waals surface area contributed by atoms with E-state index in [0.717, 1.165) is 35.3 Å². The second-order valence-electron chi connectivity index (χ2n) is 7.98. The maximum absolute atomic E-state index is 12.6. The molecular formula is C28H27N3O4. The topological polar surface area (TPSA) is 82.5 Å². The number of anilines is 1. The van der Waals surface area contributed by atoms with Crippen molar-refractivity contribution in [3.05, 3.63) is 90.1 Å². The quantitative estimate of drug-likeness (QED) is 0.336. The van der Waals surface area contributed by atoms with Crippen LogP contribution in [0.3, 0.4) is 0 Å². The van der Waals surface area contributed by atoms with Gasteiger partial charge in [0.1, 0.15) is 5.75 Å². The molecule has 1 N–H and O–H groups in total. The van der Waals surface area contributed by atoms with Gasteiger partial charge in [0, 0.05) is 18.2 Å². The van der Waals surface area contributed by atoms with E-state index in [1.54, 1.807) is 36.1 Å². The molecule has 3 aromatic carbocycles. The molecular weight excluding hydrogens is 442 g/mol. The first-order valence-electron chi connectivity index (χ1n) is 11.4. The Kier molecular flexibility index (Phi) is 7.26. The van der Waals surface area contributed by atoms with Gasteiger partial charge in [-0.1, -0.05) is 43.7 Å². The molecule has 0 aliphatic carbocycles. The van der Waals surface area contributed by atoms with Crippen molar-refractivity contribution in [3.63, 3.8) is 0 Å². The first-order chi connectivity index (χ1) is 17.0. The van der Waals surface area contributed by atoms with E-state index in [9.17, 15) is 9.59 Å². The number of nitrogens with one attached hydrogen (secondary N) is 1. The first kappa shape index (κ1) is 23.8. The Morgan fingerprint density at radius 2 is 1.63 bits per heavy atom. The van der Waals surface area contributed by atoms with Gasteiger partial charge in [0.25, 0.3) is 5.91 Å². The smallest absolute Gasteiger partial charge is 0.309 e. The largest absolute Gasteiger partial charge is 0.497 e. The number of carbonyl (C=O) groups is 2. The Morgan fingerprint density at radius 3 is 2.23 bits per heavy atom. The number of esters is 1. The average molecular weight is 470 g/mol. The van der Waals surface area contributed by atoms with Crippen LogP contribution in [0.15, 0.2) is 78.9 Å².